The van der Waals surface area contributed by atoms with Gasteiger partial charge >= 0.3 is 6.03 Å². The highest BCUT2D eigenvalue weighted by molar-refractivity contribution is 6.17. The standard InChI is InChI=1S/C14H17ClN4O/c1-17-9-10(7-8-15)18(2)13-16-11-5-3-4-6-12(11)19(13)14(17)20/h3-6,10H,7-9H2,1-2H3. The fourth-order valence-electron chi connectivity index (χ4n) is 2.70. The molecule has 6 heteroatoms. The molecule has 0 saturated carbocycles. The Kier molecular flexibility index (Phi) is 3.30. The summed E-state index contributed by atoms with van der Waals surface area (Å²) in [7, 11) is 3.79. The summed E-state index contributed by atoms with van der Waals surface area (Å²) in [6.45, 7) is 0.653. The number of carbonyl (C=O) groups is 1. The average molecular weight is 293 g/mol. The molecule has 1 aromatic heterocycles. The molecule has 20 heavy (non-hydrogen) atoms. The Balaban J connectivity index is 2.19. The largest absolute Gasteiger partial charge is 0.340 e. The highest BCUT2D eigenvalue weighted by Gasteiger charge is 2.31. The molecule has 1 atom stereocenters. The minimum absolute atomic E-state index is 0.0439. The van der Waals surface area contributed by atoms with E-state index in [2.05, 4.69) is 9.88 Å². The predicted molar refractivity (Wildman–Crippen MR) is 80.7 cm³/mol. The monoisotopic (exact) mass is 292 g/mol. The topological polar surface area (TPSA) is 41.4 Å². The summed E-state index contributed by atoms with van der Waals surface area (Å²) in [5.41, 5.74) is 1.68. The van der Waals surface area contributed by atoms with E-state index in [4.69, 9.17) is 11.6 Å². The van der Waals surface area contributed by atoms with Gasteiger partial charge in [-0.1, -0.05) is 12.1 Å². The second-order valence-electron chi connectivity index (χ2n) is 5.14. The number of rotatable bonds is 2. The van der Waals surface area contributed by atoms with Crippen molar-refractivity contribution >= 4 is 34.6 Å². The van der Waals surface area contributed by atoms with Crippen LogP contribution in [-0.2, 0) is 0 Å². The number of fused-ring (bicyclic) bond motifs is 3. The Morgan fingerprint density at radius 2 is 2.10 bits per heavy atom. The van der Waals surface area contributed by atoms with Crippen molar-refractivity contribution in [3.63, 3.8) is 0 Å². The molecule has 0 bridgehead atoms. The maximum absolute atomic E-state index is 12.6. The number of amides is 1. The summed E-state index contributed by atoms with van der Waals surface area (Å²) in [4.78, 5) is 21.0. The van der Waals surface area contributed by atoms with Crippen LogP contribution in [-0.4, -0.2) is 53.0 Å². The Bertz CT molecular complexity index is 654. The normalized spacial score (nSPS) is 19.4. The van der Waals surface area contributed by atoms with Crippen LogP contribution >= 0.6 is 11.6 Å². The van der Waals surface area contributed by atoms with Gasteiger partial charge in [-0.25, -0.2) is 14.3 Å². The number of halogens is 1. The zero-order valence-corrected chi connectivity index (χ0v) is 12.3. The fraction of sp³-hybridized carbons (Fsp3) is 0.429. The minimum Gasteiger partial charge on any atom is -0.340 e. The Labute approximate surface area is 122 Å². The van der Waals surface area contributed by atoms with Crippen LogP contribution in [0.1, 0.15) is 6.42 Å². The van der Waals surface area contributed by atoms with Gasteiger partial charge < -0.3 is 9.80 Å². The lowest BCUT2D eigenvalue weighted by molar-refractivity contribution is 0.211. The molecule has 0 spiro atoms. The number of alkyl halides is 1. The molecular weight excluding hydrogens is 276 g/mol. The van der Waals surface area contributed by atoms with E-state index in [0.717, 1.165) is 17.5 Å². The lowest BCUT2D eigenvalue weighted by atomic mass is 10.2. The van der Waals surface area contributed by atoms with E-state index in [-0.39, 0.29) is 12.1 Å². The van der Waals surface area contributed by atoms with Crippen molar-refractivity contribution in [3.05, 3.63) is 24.3 Å². The third-order valence-electron chi connectivity index (χ3n) is 3.85. The molecule has 106 valence electrons. The summed E-state index contributed by atoms with van der Waals surface area (Å²) in [5, 5.41) is 0. The molecule has 0 radical (unpaired) electrons. The first-order valence-corrected chi connectivity index (χ1v) is 7.18. The molecule has 2 aromatic rings. The van der Waals surface area contributed by atoms with Crippen molar-refractivity contribution in [2.24, 2.45) is 0 Å². The van der Waals surface area contributed by atoms with Gasteiger partial charge in [-0.15, -0.1) is 11.6 Å². The van der Waals surface area contributed by atoms with Crippen LogP contribution in [0.4, 0.5) is 10.7 Å². The summed E-state index contributed by atoms with van der Waals surface area (Å²) in [6, 6.07) is 7.84. The highest BCUT2D eigenvalue weighted by Crippen LogP contribution is 2.27. The molecule has 1 aromatic carbocycles. The van der Waals surface area contributed by atoms with Crippen LogP contribution in [0.25, 0.3) is 11.0 Å². The van der Waals surface area contributed by atoms with Crippen LogP contribution in [0, 0.1) is 0 Å². The molecule has 1 unspecified atom stereocenters. The van der Waals surface area contributed by atoms with Crippen molar-refractivity contribution in [1.82, 2.24) is 14.5 Å². The molecule has 0 fully saturated rings. The Morgan fingerprint density at radius 3 is 2.85 bits per heavy atom. The number of carbonyl (C=O) groups excluding carboxylic acids is 1. The third-order valence-corrected chi connectivity index (χ3v) is 4.07. The quantitative estimate of drug-likeness (QED) is 0.798. The lowest BCUT2D eigenvalue weighted by Crippen LogP contribution is -2.40. The molecule has 0 saturated heterocycles. The van der Waals surface area contributed by atoms with Crippen molar-refractivity contribution in [1.29, 1.82) is 0 Å². The van der Waals surface area contributed by atoms with Crippen LogP contribution < -0.4 is 4.90 Å². The van der Waals surface area contributed by atoms with Crippen LogP contribution in [0.5, 0.6) is 0 Å². The van der Waals surface area contributed by atoms with Crippen molar-refractivity contribution in [3.8, 4) is 0 Å². The smallest absolute Gasteiger partial charge is 0.331 e. The van der Waals surface area contributed by atoms with E-state index in [1.165, 1.54) is 0 Å². The van der Waals surface area contributed by atoms with Gasteiger partial charge in [0.05, 0.1) is 17.1 Å². The second-order valence-corrected chi connectivity index (χ2v) is 5.52. The van der Waals surface area contributed by atoms with Gasteiger partial charge in [-0.2, -0.15) is 0 Å². The van der Waals surface area contributed by atoms with E-state index in [1.807, 2.05) is 38.4 Å². The van der Waals surface area contributed by atoms with Gasteiger partial charge in [0.2, 0.25) is 5.95 Å². The molecule has 0 N–H and O–H groups in total. The van der Waals surface area contributed by atoms with Crippen LogP contribution in [0.2, 0.25) is 0 Å². The van der Waals surface area contributed by atoms with Gasteiger partial charge in [0, 0.05) is 26.5 Å². The molecule has 1 aliphatic heterocycles. The van der Waals surface area contributed by atoms with E-state index < -0.39 is 0 Å². The first-order chi connectivity index (χ1) is 9.63. The third kappa shape index (κ3) is 1.93. The lowest BCUT2D eigenvalue weighted by Gasteiger charge is -2.26. The van der Waals surface area contributed by atoms with Crippen molar-refractivity contribution in [2.75, 3.05) is 31.4 Å². The Hall–Kier alpha value is -1.75. The fourth-order valence-corrected chi connectivity index (χ4v) is 2.95. The van der Waals surface area contributed by atoms with Crippen LogP contribution in [0.15, 0.2) is 24.3 Å². The number of para-hydroxylation sites is 2. The average Bonchev–Trinajstić information content (AvgIpc) is 2.80. The number of anilines is 1. The number of benzene rings is 1. The first kappa shape index (κ1) is 13.2. The molecule has 5 nitrogen and oxygen atoms in total. The van der Waals surface area contributed by atoms with Crippen molar-refractivity contribution in [2.45, 2.75) is 12.5 Å². The van der Waals surface area contributed by atoms with Gasteiger partial charge in [0.25, 0.3) is 0 Å². The predicted octanol–water partition coefficient (Wildman–Crippen LogP) is 2.38. The van der Waals surface area contributed by atoms with E-state index in [9.17, 15) is 4.79 Å². The number of imidazole rings is 1. The molecular formula is C14H17ClN4O. The molecule has 1 amide bonds. The number of aromatic nitrogens is 2. The van der Waals surface area contributed by atoms with Gasteiger partial charge in [-0.05, 0) is 18.6 Å². The van der Waals surface area contributed by atoms with E-state index in [1.54, 1.807) is 9.47 Å². The van der Waals surface area contributed by atoms with Gasteiger partial charge in [-0.3, -0.25) is 0 Å². The van der Waals surface area contributed by atoms with E-state index >= 15 is 0 Å². The molecule has 2 heterocycles. The first-order valence-electron chi connectivity index (χ1n) is 6.65. The van der Waals surface area contributed by atoms with Gasteiger partial charge in [0.1, 0.15) is 0 Å². The van der Waals surface area contributed by atoms with Gasteiger partial charge in [0.15, 0.2) is 0 Å². The highest BCUT2D eigenvalue weighted by atomic mass is 35.5. The van der Waals surface area contributed by atoms with Crippen LogP contribution in [0.3, 0.4) is 0 Å². The SMILES string of the molecule is CN1CC(CCCl)N(C)c2nc3ccccc3n2C1=O. The summed E-state index contributed by atoms with van der Waals surface area (Å²) in [6.07, 6.45) is 0.818. The molecule has 3 rings (SSSR count). The maximum atomic E-state index is 12.6. The van der Waals surface area contributed by atoms with Crippen molar-refractivity contribution < 1.29 is 4.79 Å². The van der Waals surface area contributed by atoms with E-state index in [0.29, 0.717) is 18.4 Å². The molecule has 1 aliphatic rings. The zero-order chi connectivity index (χ0) is 14.3. The number of likely N-dealkylation sites (N-methyl/N-ethyl adjacent to an activating group) is 2. The zero-order valence-electron chi connectivity index (χ0n) is 11.6. The number of hydrogen-bond donors (Lipinski definition) is 0. The second kappa shape index (κ2) is 4.98. The summed E-state index contributed by atoms with van der Waals surface area (Å²) >= 11 is 5.89. The summed E-state index contributed by atoms with van der Waals surface area (Å²) < 4.78 is 1.68. The maximum Gasteiger partial charge on any atom is 0.331 e. The number of hydrogen-bond acceptors (Lipinski definition) is 3. The molecule has 0 aliphatic carbocycles. The number of nitrogens with zero attached hydrogens (tertiary/aromatic N) is 4. The summed E-state index contributed by atoms with van der Waals surface area (Å²) in [5.74, 6) is 1.26. The Morgan fingerprint density at radius 1 is 1.35 bits per heavy atom. The minimum atomic E-state index is -0.0439.